The van der Waals surface area contributed by atoms with E-state index < -0.39 is 24.4 Å². The topological polar surface area (TPSA) is 31.4 Å². The third kappa shape index (κ3) is 2.86. The van der Waals surface area contributed by atoms with E-state index in [0.29, 0.717) is 11.2 Å². The lowest BCUT2D eigenvalue weighted by molar-refractivity contribution is 0.00578. The maximum Gasteiger partial charge on any atom is 0.494 e. The highest BCUT2D eigenvalue weighted by atomic mass is 16.7. The van der Waals surface area contributed by atoms with Gasteiger partial charge in [0.1, 0.15) is 0 Å². The zero-order valence-corrected chi connectivity index (χ0v) is 14.7. The highest BCUT2D eigenvalue weighted by molar-refractivity contribution is 6.62. The van der Waals surface area contributed by atoms with Crippen molar-refractivity contribution in [2.75, 3.05) is 0 Å². The molecule has 0 unspecified atom stereocenters. The number of pyridine rings is 1. The van der Waals surface area contributed by atoms with E-state index in [1.807, 2.05) is 52.0 Å². The van der Waals surface area contributed by atoms with Gasteiger partial charge in [0, 0.05) is 10.9 Å². The molecular weight excluding hydrogens is 309 g/mol. The van der Waals surface area contributed by atoms with Crippen molar-refractivity contribution in [2.45, 2.75) is 38.9 Å². The van der Waals surface area contributed by atoms with Gasteiger partial charge >= 0.3 is 7.12 Å². The van der Waals surface area contributed by atoms with Gasteiger partial charge in [-0.05, 0) is 45.3 Å². The normalized spacial score (nSPS) is 21.4. The standard InChI is InChI=1S/C21H22BNO2/c1-20(2)21(3,4)25-22(24-20)17-12-10-16-11-13-18(23-19(16)14-17)15-8-6-5-7-9-15/h5-14H,1-4H3/i5D,6D,7D,8D,9D. The smallest absolute Gasteiger partial charge is 0.399 e. The van der Waals surface area contributed by atoms with E-state index in [-0.39, 0.29) is 29.7 Å². The Bertz CT molecular complexity index is 1140. The van der Waals surface area contributed by atoms with Crippen molar-refractivity contribution in [1.82, 2.24) is 4.98 Å². The summed E-state index contributed by atoms with van der Waals surface area (Å²) in [6, 6.07) is 7.48. The number of nitrogens with zero attached hydrogens (tertiary/aromatic N) is 1. The van der Waals surface area contributed by atoms with Crippen LogP contribution in [0.4, 0.5) is 0 Å². The van der Waals surface area contributed by atoms with Gasteiger partial charge in [0.25, 0.3) is 0 Å². The van der Waals surface area contributed by atoms with E-state index in [9.17, 15) is 0 Å². The molecule has 1 fully saturated rings. The quantitative estimate of drug-likeness (QED) is 0.657. The first-order valence-electron chi connectivity index (χ1n) is 10.8. The van der Waals surface area contributed by atoms with Crippen LogP contribution in [0.1, 0.15) is 34.5 Å². The Kier molecular flexibility index (Phi) is 2.60. The highest BCUT2D eigenvalue weighted by Gasteiger charge is 2.51. The largest absolute Gasteiger partial charge is 0.494 e. The fourth-order valence-electron chi connectivity index (χ4n) is 2.78. The van der Waals surface area contributed by atoms with Gasteiger partial charge in [0.2, 0.25) is 0 Å². The first-order chi connectivity index (χ1) is 13.9. The van der Waals surface area contributed by atoms with Gasteiger partial charge in [-0.1, -0.05) is 48.4 Å². The number of hydrogen-bond donors (Lipinski definition) is 0. The van der Waals surface area contributed by atoms with Gasteiger partial charge < -0.3 is 9.31 Å². The third-order valence-corrected chi connectivity index (χ3v) is 5.00. The lowest BCUT2D eigenvalue weighted by Crippen LogP contribution is -2.41. The van der Waals surface area contributed by atoms with Crippen LogP contribution in [0.2, 0.25) is 0 Å². The summed E-state index contributed by atoms with van der Waals surface area (Å²) in [5, 5.41) is 0.867. The Morgan fingerprint density at radius 1 is 0.920 bits per heavy atom. The Balaban J connectivity index is 1.82. The molecule has 0 bridgehead atoms. The van der Waals surface area contributed by atoms with Crippen molar-refractivity contribution in [3.8, 4) is 11.3 Å². The minimum atomic E-state index is -0.536. The number of fused-ring (bicyclic) bond motifs is 1. The molecule has 0 aliphatic carbocycles. The predicted octanol–water partition coefficient (Wildman–Crippen LogP) is 4.20. The maximum atomic E-state index is 8.19. The molecule has 0 N–H and O–H groups in total. The highest BCUT2D eigenvalue weighted by Crippen LogP contribution is 2.36. The van der Waals surface area contributed by atoms with Gasteiger partial charge in [0.05, 0.1) is 29.3 Å². The van der Waals surface area contributed by atoms with Crippen molar-refractivity contribution in [3.63, 3.8) is 0 Å². The summed E-state index contributed by atoms with van der Waals surface area (Å²) in [5.74, 6) is 0. The van der Waals surface area contributed by atoms with Crippen LogP contribution < -0.4 is 5.46 Å². The van der Waals surface area contributed by atoms with Crippen LogP contribution in [0.25, 0.3) is 22.2 Å². The van der Waals surface area contributed by atoms with Crippen LogP contribution in [0.15, 0.2) is 60.5 Å². The molecule has 1 aliphatic heterocycles. The summed E-state index contributed by atoms with van der Waals surface area (Å²) in [5.41, 5.74) is 0.928. The van der Waals surface area contributed by atoms with Gasteiger partial charge in [-0.15, -0.1) is 0 Å². The summed E-state index contributed by atoms with van der Waals surface area (Å²) in [6.45, 7) is 7.96. The molecular formula is C21H22BNO2. The van der Waals surface area contributed by atoms with E-state index in [4.69, 9.17) is 16.2 Å². The maximum absolute atomic E-state index is 8.19. The van der Waals surface area contributed by atoms with Gasteiger partial charge in [0.15, 0.2) is 0 Å². The van der Waals surface area contributed by atoms with Crippen LogP contribution in [-0.4, -0.2) is 23.3 Å². The zero-order chi connectivity index (χ0) is 22.0. The predicted molar refractivity (Wildman–Crippen MR) is 103 cm³/mol. The number of benzene rings is 2. The van der Waals surface area contributed by atoms with Crippen LogP contribution >= 0.6 is 0 Å². The molecule has 3 nitrogen and oxygen atoms in total. The van der Waals surface area contributed by atoms with Crippen molar-refractivity contribution in [3.05, 3.63) is 60.5 Å². The Hall–Kier alpha value is -2.17. The fraction of sp³-hybridized carbons (Fsp3) is 0.286. The molecule has 0 saturated carbocycles. The summed E-state index contributed by atoms with van der Waals surface area (Å²) >= 11 is 0. The van der Waals surface area contributed by atoms with E-state index in [1.165, 1.54) is 0 Å². The van der Waals surface area contributed by atoms with Crippen molar-refractivity contribution < 1.29 is 16.2 Å². The van der Waals surface area contributed by atoms with E-state index in [0.717, 1.165) is 10.8 Å². The minimum absolute atomic E-state index is 0.0870. The second-order valence-corrected chi connectivity index (χ2v) is 7.24. The van der Waals surface area contributed by atoms with Gasteiger partial charge in [-0.25, -0.2) is 4.98 Å². The molecule has 3 aromatic rings. The molecule has 126 valence electrons. The van der Waals surface area contributed by atoms with Gasteiger partial charge in [-0.2, -0.15) is 0 Å². The average Bonchev–Trinajstić information content (AvgIpc) is 2.91. The van der Waals surface area contributed by atoms with Crippen molar-refractivity contribution >= 4 is 23.5 Å². The molecule has 0 radical (unpaired) electrons. The Morgan fingerprint density at radius 2 is 1.56 bits per heavy atom. The van der Waals surface area contributed by atoms with E-state index in [2.05, 4.69) is 4.98 Å². The average molecular weight is 336 g/mol. The molecule has 25 heavy (non-hydrogen) atoms. The minimum Gasteiger partial charge on any atom is -0.399 e. The van der Waals surface area contributed by atoms with Gasteiger partial charge in [-0.3, -0.25) is 0 Å². The zero-order valence-electron chi connectivity index (χ0n) is 19.7. The van der Waals surface area contributed by atoms with Crippen LogP contribution in [-0.2, 0) is 9.31 Å². The third-order valence-electron chi connectivity index (χ3n) is 5.00. The molecule has 0 amide bonds. The SMILES string of the molecule is [2H]c1c([2H])c([2H])c(-c2ccc3ccc(B4OC(C)(C)C(C)(C)O4)cc3n2)c([2H])c1[2H]. The van der Waals surface area contributed by atoms with Crippen LogP contribution in [0, 0.1) is 0 Å². The van der Waals surface area contributed by atoms with Crippen molar-refractivity contribution in [2.24, 2.45) is 0 Å². The molecule has 1 saturated heterocycles. The fourth-order valence-corrected chi connectivity index (χ4v) is 2.78. The van der Waals surface area contributed by atoms with Crippen LogP contribution in [0.3, 0.4) is 0 Å². The van der Waals surface area contributed by atoms with Crippen molar-refractivity contribution in [1.29, 1.82) is 0 Å². The summed E-state index contributed by atoms with van der Waals surface area (Å²) in [6.07, 6.45) is 0. The summed E-state index contributed by atoms with van der Waals surface area (Å²) in [4.78, 5) is 4.60. The molecule has 2 heterocycles. The second kappa shape index (κ2) is 5.68. The lowest BCUT2D eigenvalue weighted by atomic mass is 9.78. The Labute approximate surface area is 156 Å². The first kappa shape index (κ1) is 11.5. The summed E-state index contributed by atoms with van der Waals surface area (Å²) in [7, 11) is -0.536. The molecule has 1 aromatic heterocycles. The molecule has 0 atom stereocenters. The molecule has 4 rings (SSSR count). The molecule has 4 heteroatoms. The summed E-state index contributed by atoms with van der Waals surface area (Å²) < 4.78 is 52.2. The number of hydrogen-bond acceptors (Lipinski definition) is 3. The Morgan fingerprint density at radius 3 is 2.24 bits per heavy atom. The second-order valence-electron chi connectivity index (χ2n) is 7.24. The number of rotatable bonds is 2. The molecule has 1 aliphatic rings. The first-order valence-corrected chi connectivity index (χ1v) is 8.26. The molecule has 2 aromatic carbocycles. The molecule has 0 spiro atoms. The van der Waals surface area contributed by atoms with E-state index >= 15 is 0 Å². The lowest BCUT2D eigenvalue weighted by Gasteiger charge is -2.32. The van der Waals surface area contributed by atoms with Crippen LogP contribution in [0.5, 0.6) is 0 Å². The number of aromatic nitrogens is 1. The monoisotopic (exact) mass is 336 g/mol. The van der Waals surface area contributed by atoms with E-state index in [1.54, 1.807) is 6.07 Å².